The fourth-order valence-corrected chi connectivity index (χ4v) is 1.84. The van der Waals surface area contributed by atoms with Crippen LogP contribution in [0.4, 0.5) is 0 Å². The van der Waals surface area contributed by atoms with Crippen LogP contribution < -0.4 is 0 Å². The molecule has 0 aliphatic carbocycles. The molecule has 3 rings (SSSR count). The Balaban J connectivity index is 1.98. The molecule has 5 nitrogen and oxygen atoms in total. The predicted octanol–water partition coefficient (Wildman–Crippen LogP) is 2.98. The van der Waals surface area contributed by atoms with E-state index in [1.165, 1.54) is 0 Å². The Morgan fingerprint density at radius 2 is 1.95 bits per heavy atom. The number of nitrogens with zero attached hydrogens (tertiary/aromatic N) is 4. The molecule has 0 radical (unpaired) electrons. The van der Waals surface area contributed by atoms with E-state index in [-0.39, 0.29) is 0 Å². The Hall–Kier alpha value is -3.00. The van der Waals surface area contributed by atoms with Gasteiger partial charge >= 0.3 is 0 Å². The molecule has 2 heterocycles. The van der Waals surface area contributed by atoms with Crippen molar-refractivity contribution in [1.82, 2.24) is 15.1 Å². The van der Waals surface area contributed by atoms with Crippen LogP contribution in [0.1, 0.15) is 11.1 Å². The highest BCUT2D eigenvalue weighted by Crippen LogP contribution is 2.23. The summed E-state index contributed by atoms with van der Waals surface area (Å²) in [7, 11) is 0. The van der Waals surface area contributed by atoms with E-state index in [0.717, 1.165) is 16.7 Å². The zero-order valence-corrected chi connectivity index (χ0v) is 10.7. The number of hydrogen-bond donors (Lipinski definition) is 0. The molecule has 0 aliphatic heterocycles. The van der Waals surface area contributed by atoms with Gasteiger partial charge in [-0.1, -0.05) is 5.16 Å². The number of nitriles is 1. The van der Waals surface area contributed by atoms with E-state index in [2.05, 4.69) is 21.2 Å². The first-order valence-electron chi connectivity index (χ1n) is 6.03. The number of aromatic nitrogens is 3. The number of benzene rings is 1. The highest BCUT2D eigenvalue weighted by Gasteiger charge is 2.12. The average Bonchev–Trinajstić information content (AvgIpc) is 2.97. The van der Waals surface area contributed by atoms with E-state index < -0.39 is 0 Å². The summed E-state index contributed by atoms with van der Waals surface area (Å²) < 4.78 is 5.26. The first-order valence-corrected chi connectivity index (χ1v) is 6.03. The summed E-state index contributed by atoms with van der Waals surface area (Å²) in [5.74, 6) is 0.933. The molecular formula is C15H10N4O. The molecule has 0 aliphatic rings. The van der Waals surface area contributed by atoms with Gasteiger partial charge in [-0.3, -0.25) is 4.98 Å². The van der Waals surface area contributed by atoms with Gasteiger partial charge < -0.3 is 4.52 Å². The van der Waals surface area contributed by atoms with E-state index in [9.17, 15) is 0 Å². The number of rotatable bonds is 2. The first-order chi connectivity index (χ1) is 9.78. The minimum absolute atomic E-state index is 0.424. The number of pyridine rings is 1. The van der Waals surface area contributed by atoms with Gasteiger partial charge in [0.1, 0.15) is 0 Å². The smallest absolute Gasteiger partial charge is 0.258 e. The van der Waals surface area contributed by atoms with Crippen LogP contribution in [-0.4, -0.2) is 15.1 Å². The zero-order valence-electron chi connectivity index (χ0n) is 10.7. The molecule has 0 atom stereocenters. The lowest BCUT2D eigenvalue weighted by atomic mass is 10.1. The van der Waals surface area contributed by atoms with Crippen LogP contribution in [0.2, 0.25) is 0 Å². The van der Waals surface area contributed by atoms with Gasteiger partial charge in [0.05, 0.1) is 11.6 Å². The minimum Gasteiger partial charge on any atom is -0.334 e. The van der Waals surface area contributed by atoms with Crippen LogP contribution in [0.25, 0.3) is 22.8 Å². The Bertz CT molecular complexity index is 784. The second-order valence-electron chi connectivity index (χ2n) is 4.30. The Kier molecular flexibility index (Phi) is 2.98. The highest BCUT2D eigenvalue weighted by atomic mass is 16.5. The summed E-state index contributed by atoms with van der Waals surface area (Å²) >= 11 is 0. The van der Waals surface area contributed by atoms with E-state index >= 15 is 0 Å². The lowest BCUT2D eigenvalue weighted by molar-refractivity contribution is 0.432. The summed E-state index contributed by atoms with van der Waals surface area (Å²) in [4.78, 5) is 8.44. The molecule has 0 amide bonds. The number of hydrogen-bond acceptors (Lipinski definition) is 5. The van der Waals surface area contributed by atoms with E-state index in [1.807, 2.05) is 13.0 Å². The van der Waals surface area contributed by atoms with Crippen molar-refractivity contribution in [3.63, 3.8) is 0 Å². The maximum Gasteiger partial charge on any atom is 0.258 e. The predicted molar refractivity (Wildman–Crippen MR) is 72.4 cm³/mol. The van der Waals surface area contributed by atoms with Crippen LogP contribution in [-0.2, 0) is 0 Å². The van der Waals surface area contributed by atoms with Crippen molar-refractivity contribution in [3.05, 3.63) is 53.9 Å². The van der Waals surface area contributed by atoms with E-state index in [4.69, 9.17) is 9.78 Å². The van der Waals surface area contributed by atoms with Crippen LogP contribution in [0, 0.1) is 18.3 Å². The Morgan fingerprint density at radius 3 is 2.65 bits per heavy atom. The minimum atomic E-state index is 0.424. The topological polar surface area (TPSA) is 75.6 Å². The summed E-state index contributed by atoms with van der Waals surface area (Å²) in [5, 5.41) is 12.7. The fraction of sp³-hybridized carbons (Fsp3) is 0.0667. The molecular weight excluding hydrogens is 252 g/mol. The van der Waals surface area contributed by atoms with Crippen LogP contribution in [0.15, 0.2) is 47.2 Å². The van der Waals surface area contributed by atoms with Crippen LogP contribution in [0.3, 0.4) is 0 Å². The first kappa shape index (κ1) is 12.1. The van der Waals surface area contributed by atoms with Crippen LogP contribution >= 0.6 is 0 Å². The molecule has 96 valence electrons. The second kappa shape index (κ2) is 4.94. The fourth-order valence-electron chi connectivity index (χ4n) is 1.84. The third kappa shape index (κ3) is 2.15. The second-order valence-corrected chi connectivity index (χ2v) is 4.30. The van der Waals surface area contributed by atoms with Gasteiger partial charge in [0.15, 0.2) is 0 Å². The highest BCUT2D eigenvalue weighted by molar-refractivity contribution is 5.62. The molecule has 0 bridgehead atoms. The van der Waals surface area contributed by atoms with E-state index in [0.29, 0.717) is 17.3 Å². The van der Waals surface area contributed by atoms with Crippen LogP contribution in [0.5, 0.6) is 0 Å². The molecule has 5 heteroatoms. The normalized spacial score (nSPS) is 10.2. The quantitative estimate of drug-likeness (QED) is 0.709. The molecule has 0 N–H and O–H groups in total. The van der Waals surface area contributed by atoms with Crippen molar-refractivity contribution in [2.24, 2.45) is 0 Å². The molecule has 0 unspecified atom stereocenters. The molecule has 20 heavy (non-hydrogen) atoms. The molecule has 0 spiro atoms. The maximum absolute atomic E-state index is 8.77. The molecule has 0 saturated heterocycles. The van der Waals surface area contributed by atoms with Crippen molar-refractivity contribution >= 4 is 0 Å². The average molecular weight is 262 g/mol. The van der Waals surface area contributed by atoms with Crippen molar-refractivity contribution in [2.45, 2.75) is 6.92 Å². The van der Waals surface area contributed by atoms with Gasteiger partial charge in [-0.2, -0.15) is 10.2 Å². The molecule has 0 fully saturated rings. The zero-order chi connectivity index (χ0) is 13.9. The van der Waals surface area contributed by atoms with Gasteiger partial charge in [-0.15, -0.1) is 0 Å². The van der Waals surface area contributed by atoms with Gasteiger partial charge in [0.2, 0.25) is 5.82 Å². The Morgan fingerprint density at radius 1 is 1.15 bits per heavy atom. The standard InChI is InChI=1S/C15H10N4O/c1-10-6-7-17-9-13(10)14-18-15(20-19-14)12-4-2-11(8-16)3-5-12/h2-7,9H,1H3. The largest absolute Gasteiger partial charge is 0.334 e. The van der Waals surface area contributed by atoms with Crippen molar-refractivity contribution in [1.29, 1.82) is 5.26 Å². The van der Waals surface area contributed by atoms with Gasteiger partial charge in [0.25, 0.3) is 5.89 Å². The Labute approximate surface area is 115 Å². The number of aryl methyl sites for hydroxylation is 1. The summed E-state index contributed by atoms with van der Waals surface area (Å²) in [5.41, 5.74) is 3.25. The molecule has 3 aromatic rings. The molecule has 0 saturated carbocycles. The lowest BCUT2D eigenvalue weighted by Gasteiger charge is -1.97. The summed E-state index contributed by atoms with van der Waals surface area (Å²) in [6.07, 6.45) is 3.43. The van der Waals surface area contributed by atoms with E-state index in [1.54, 1.807) is 36.7 Å². The van der Waals surface area contributed by atoms with Gasteiger partial charge in [0, 0.05) is 23.5 Å². The van der Waals surface area contributed by atoms with Gasteiger partial charge in [-0.05, 0) is 42.8 Å². The monoisotopic (exact) mass is 262 g/mol. The SMILES string of the molecule is Cc1ccncc1-c1noc(-c2ccc(C#N)cc2)n1. The summed E-state index contributed by atoms with van der Waals surface area (Å²) in [6.45, 7) is 1.97. The maximum atomic E-state index is 8.77. The van der Waals surface area contributed by atoms with Crippen molar-refractivity contribution in [2.75, 3.05) is 0 Å². The third-order valence-corrected chi connectivity index (χ3v) is 2.97. The molecule has 2 aromatic heterocycles. The van der Waals surface area contributed by atoms with Crippen molar-refractivity contribution in [3.8, 4) is 28.9 Å². The third-order valence-electron chi connectivity index (χ3n) is 2.97. The lowest BCUT2D eigenvalue weighted by Crippen LogP contribution is -1.86. The van der Waals surface area contributed by atoms with Gasteiger partial charge in [-0.25, -0.2) is 0 Å². The summed E-state index contributed by atoms with van der Waals surface area (Å²) in [6, 6.07) is 11.0. The van der Waals surface area contributed by atoms with Crippen molar-refractivity contribution < 1.29 is 4.52 Å². The molecule has 1 aromatic carbocycles.